The van der Waals surface area contributed by atoms with Crippen molar-refractivity contribution in [1.82, 2.24) is 5.32 Å². The molecule has 0 bridgehead atoms. The van der Waals surface area contributed by atoms with Gasteiger partial charge in [0.25, 0.3) is 0 Å². The summed E-state index contributed by atoms with van der Waals surface area (Å²) in [6, 6.07) is 0. The van der Waals surface area contributed by atoms with Crippen molar-refractivity contribution < 1.29 is 5.11 Å². The molecular weight excluding hydrogens is 229 g/mol. The standard InChI is InChI=1S/C6H14INO/c1-8-4-6(5-9)2-3-7/h6,8-9H,2-5H2,1H3. The van der Waals surface area contributed by atoms with Crippen LogP contribution in [0.15, 0.2) is 0 Å². The van der Waals surface area contributed by atoms with Gasteiger partial charge < -0.3 is 10.4 Å². The topological polar surface area (TPSA) is 32.3 Å². The SMILES string of the molecule is CNCC(CO)CCI. The molecule has 2 nitrogen and oxygen atoms in total. The molecule has 9 heavy (non-hydrogen) atoms. The van der Waals surface area contributed by atoms with Crippen molar-refractivity contribution in [2.75, 3.05) is 24.6 Å². The highest BCUT2D eigenvalue weighted by atomic mass is 127. The first-order chi connectivity index (χ1) is 4.35. The summed E-state index contributed by atoms with van der Waals surface area (Å²) in [5.41, 5.74) is 0. The number of hydrogen-bond acceptors (Lipinski definition) is 2. The van der Waals surface area contributed by atoms with Crippen molar-refractivity contribution in [3.05, 3.63) is 0 Å². The Bertz CT molecular complexity index is 55.0. The molecule has 0 aromatic heterocycles. The third-order valence-electron chi connectivity index (χ3n) is 1.27. The van der Waals surface area contributed by atoms with Gasteiger partial charge in [0.2, 0.25) is 0 Å². The van der Waals surface area contributed by atoms with E-state index in [0.29, 0.717) is 12.5 Å². The molecule has 1 atom stereocenters. The Morgan fingerprint density at radius 1 is 1.67 bits per heavy atom. The molecule has 0 saturated carbocycles. The highest BCUT2D eigenvalue weighted by Gasteiger charge is 2.02. The molecule has 0 aliphatic carbocycles. The average Bonchev–Trinajstić information content (AvgIpc) is 1.88. The molecular formula is C6H14INO. The molecule has 3 heteroatoms. The summed E-state index contributed by atoms with van der Waals surface area (Å²) in [5, 5.41) is 11.8. The lowest BCUT2D eigenvalue weighted by atomic mass is 10.1. The summed E-state index contributed by atoms with van der Waals surface area (Å²) in [5.74, 6) is 0.451. The van der Waals surface area contributed by atoms with Crippen LogP contribution in [-0.2, 0) is 0 Å². The maximum absolute atomic E-state index is 8.74. The normalized spacial score (nSPS) is 13.7. The second kappa shape index (κ2) is 6.77. The predicted molar refractivity (Wildman–Crippen MR) is 48.0 cm³/mol. The number of rotatable bonds is 5. The van der Waals surface area contributed by atoms with Crippen molar-refractivity contribution in [2.45, 2.75) is 6.42 Å². The highest BCUT2D eigenvalue weighted by Crippen LogP contribution is 2.02. The van der Waals surface area contributed by atoms with Gasteiger partial charge in [0, 0.05) is 6.61 Å². The Morgan fingerprint density at radius 3 is 2.67 bits per heavy atom. The molecule has 0 radical (unpaired) electrons. The maximum Gasteiger partial charge on any atom is 0.0471 e. The fourth-order valence-electron chi connectivity index (χ4n) is 0.701. The Balaban J connectivity index is 3.18. The van der Waals surface area contributed by atoms with Crippen LogP contribution < -0.4 is 5.32 Å². The number of hydrogen-bond donors (Lipinski definition) is 2. The van der Waals surface area contributed by atoms with Gasteiger partial charge in [-0.15, -0.1) is 0 Å². The first-order valence-corrected chi connectivity index (χ1v) is 4.69. The van der Waals surface area contributed by atoms with Crippen LogP contribution in [0.2, 0.25) is 0 Å². The summed E-state index contributed by atoms with van der Waals surface area (Å²) in [6.07, 6.45) is 1.11. The zero-order valence-corrected chi connectivity index (χ0v) is 7.89. The van der Waals surface area contributed by atoms with E-state index in [0.717, 1.165) is 17.4 Å². The second-order valence-electron chi connectivity index (χ2n) is 2.08. The van der Waals surface area contributed by atoms with Gasteiger partial charge in [0.15, 0.2) is 0 Å². The van der Waals surface area contributed by atoms with E-state index >= 15 is 0 Å². The molecule has 2 N–H and O–H groups in total. The van der Waals surface area contributed by atoms with E-state index < -0.39 is 0 Å². The smallest absolute Gasteiger partial charge is 0.0471 e. The molecule has 0 fully saturated rings. The van der Waals surface area contributed by atoms with Gasteiger partial charge in [-0.25, -0.2) is 0 Å². The molecule has 0 aromatic carbocycles. The van der Waals surface area contributed by atoms with Crippen molar-refractivity contribution in [3.63, 3.8) is 0 Å². The third-order valence-corrected chi connectivity index (χ3v) is 1.89. The van der Waals surface area contributed by atoms with E-state index in [1.54, 1.807) is 0 Å². The summed E-state index contributed by atoms with van der Waals surface area (Å²) in [4.78, 5) is 0. The molecule has 0 aromatic rings. The van der Waals surface area contributed by atoms with Crippen molar-refractivity contribution >= 4 is 22.6 Å². The Hall–Kier alpha value is 0.650. The lowest BCUT2D eigenvalue weighted by Crippen LogP contribution is -2.21. The monoisotopic (exact) mass is 243 g/mol. The van der Waals surface area contributed by atoms with Crippen LogP contribution in [0, 0.1) is 5.92 Å². The first-order valence-electron chi connectivity index (χ1n) is 3.16. The summed E-state index contributed by atoms with van der Waals surface area (Å²) in [6.45, 7) is 1.24. The quantitative estimate of drug-likeness (QED) is 0.548. The van der Waals surface area contributed by atoms with E-state index in [4.69, 9.17) is 5.11 Å². The van der Waals surface area contributed by atoms with Crippen LogP contribution in [0.4, 0.5) is 0 Å². The van der Waals surface area contributed by atoms with Gasteiger partial charge in [0.1, 0.15) is 0 Å². The largest absolute Gasteiger partial charge is 0.396 e. The maximum atomic E-state index is 8.74. The van der Waals surface area contributed by atoms with E-state index in [9.17, 15) is 0 Å². The Labute approximate surface area is 70.2 Å². The van der Waals surface area contributed by atoms with Crippen molar-refractivity contribution in [2.24, 2.45) is 5.92 Å². The minimum absolute atomic E-state index is 0.309. The number of aliphatic hydroxyl groups is 1. The predicted octanol–water partition coefficient (Wildman–Crippen LogP) is 0.639. The van der Waals surface area contributed by atoms with Gasteiger partial charge >= 0.3 is 0 Å². The van der Waals surface area contributed by atoms with Gasteiger partial charge in [-0.2, -0.15) is 0 Å². The number of nitrogens with one attached hydrogen (secondary N) is 1. The number of aliphatic hydroxyl groups excluding tert-OH is 1. The molecule has 1 unspecified atom stereocenters. The second-order valence-corrected chi connectivity index (χ2v) is 3.16. The van der Waals surface area contributed by atoms with Gasteiger partial charge in [0.05, 0.1) is 0 Å². The van der Waals surface area contributed by atoms with Gasteiger partial charge in [-0.1, -0.05) is 22.6 Å². The molecule has 0 aliphatic heterocycles. The zero-order chi connectivity index (χ0) is 7.11. The zero-order valence-electron chi connectivity index (χ0n) is 5.73. The molecule has 0 rings (SSSR count). The van der Waals surface area contributed by atoms with Gasteiger partial charge in [-0.3, -0.25) is 0 Å². The fraction of sp³-hybridized carbons (Fsp3) is 1.00. The summed E-state index contributed by atoms with van der Waals surface area (Å²) < 4.78 is 1.13. The third kappa shape index (κ3) is 5.11. The fourth-order valence-corrected chi connectivity index (χ4v) is 1.58. The summed E-state index contributed by atoms with van der Waals surface area (Å²) >= 11 is 2.33. The lowest BCUT2D eigenvalue weighted by Gasteiger charge is -2.10. The minimum atomic E-state index is 0.309. The van der Waals surface area contributed by atoms with Crippen LogP contribution in [0.1, 0.15) is 6.42 Å². The Kier molecular flexibility index (Phi) is 7.25. The lowest BCUT2D eigenvalue weighted by molar-refractivity contribution is 0.222. The van der Waals surface area contributed by atoms with Crippen molar-refractivity contribution in [1.29, 1.82) is 0 Å². The first kappa shape index (κ1) is 9.65. The van der Waals surface area contributed by atoms with Crippen LogP contribution in [-0.4, -0.2) is 29.7 Å². The summed E-state index contributed by atoms with van der Waals surface area (Å²) in [7, 11) is 1.91. The molecule has 56 valence electrons. The molecule has 0 saturated heterocycles. The highest BCUT2D eigenvalue weighted by molar-refractivity contribution is 14.1. The van der Waals surface area contributed by atoms with Crippen LogP contribution in [0.3, 0.4) is 0 Å². The van der Waals surface area contributed by atoms with E-state index in [1.807, 2.05) is 7.05 Å². The molecule has 0 aliphatic rings. The van der Waals surface area contributed by atoms with E-state index in [-0.39, 0.29) is 0 Å². The van der Waals surface area contributed by atoms with Crippen LogP contribution in [0.25, 0.3) is 0 Å². The van der Waals surface area contributed by atoms with E-state index in [2.05, 4.69) is 27.9 Å². The van der Waals surface area contributed by atoms with E-state index in [1.165, 1.54) is 0 Å². The number of halogens is 1. The number of alkyl halides is 1. The van der Waals surface area contributed by atoms with Crippen molar-refractivity contribution in [3.8, 4) is 0 Å². The minimum Gasteiger partial charge on any atom is -0.396 e. The molecule has 0 spiro atoms. The molecule has 0 heterocycles. The Morgan fingerprint density at radius 2 is 2.33 bits per heavy atom. The van der Waals surface area contributed by atoms with Crippen LogP contribution >= 0.6 is 22.6 Å². The molecule has 0 amide bonds. The van der Waals surface area contributed by atoms with Gasteiger partial charge in [-0.05, 0) is 30.4 Å². The van der Waals surface area contributed by atoms with Crippen LogP contribution in [0.5, 0.6) is 0 Å². The average molecular weight is 243 g/mol.